The number of carbonyl (C=O) groups is 2. The highest BCUT2D eigenvalue weighted by Gasteiger charge is 2.18. The Kier molecular flexibility index (Phi) is 6.55. The molecule has 26 heavy (non-hydrogen) atoms. The maximum atomic E-state index is 12.5. The molecule has 2 N–H and O–H groups in total. The van der Waals surface area contributed by atoms with Crippen LogP contribution in [0, 0.1) is 13.8 Å². The van der Waals surface area contributed by atoms with Gasteiger partial charge in [0.1, 0.15) is 5.75 Å². The number of hydrogen-bond acceptors (Lipinski definition) is 3. The number of benzene rings is 2. The zero-order valence-corrected chi connectivity index (χ0v) is 15.3. The van der Waals surface area contributed by atoms with Gasteiger partial charge in [0.2, 0.25) is 0 Å². The van der Waals surface area contributed by atoms with Gasteiger partial charge in [-0.05, 0) is 56.2 Å². The van der Waals surface area contributed by atoms with Crippen molar-refractivity contribution < 1.29 is 14.3 Å². The van der Waals surface area contributed by atoms with Crippen LogP contribution in [0.2, 0.25) is 0 Å². The van der Waals surface area contributed by atoms with Gasteiger partial charge in [0.15, 0.2) is 6.10 Å². The Labute approximate surface area is 154 Å². The SMILES string of the molecule is C=CCNC(=O)c1ccccc1NC(=O)[C@H](C)Oc1cc(C)cc(C)c1. The summed E-state index contributed by atoms with van der Waals surface area (Å²) >= 11 is 0. The Morgan fingerprint density at radius 3 is 2.46 bits per heavy atom. The van der Waals surface area contributed by atoms with E-state index in [0.717, 1.165) is 11.1 Å². The number of ether oxygens (including phenoxy) is 1. The van der Waals surface area contributed by atoms with Crippen LogP contribution < -0.4 is 15.4 Å². The molecule has 0 bridgehead atoms. The predicted molar refractivity (Wildman–Crippen MR) is 104 cm³/mol. The van der Waals surface area contributed by atoms with Crippen molar-refractivity contribution in [3.8, 4) is 5.75 Å². The highest BCUT2D eigenvalue weighted by atomic mass is 16.5. The van der Waals surface area contributed by atoms with E-state index in [4.69, 9.17) is 4.74 Å². The molecule has 5 nitrogen and oxygen atoms in total. The van der Waals surface area contributed by atoms with Crippen molar-refractivity contribution in [2.45, 2.75) is 26.9 Å². The van der Waals surface area contributed by atoms with E-state index in [-0.39, 0.29) is 11.8 Å². The van der Waals surface area contributed by atoms with Crippen molar-refractivity contribution in [2.24, 2.45) is 0 Å². The van der Waals surface area contributed by atoms with Gasteiger partial charge in [-0.1, -0.05) is 24.3 Å². The Bertz CT molecular complexity index is 794. The summed E-state index contributed by atoms with van der Waals surface area (Å²) in [7, 11) is 0. The number of aryl methyl sites for hydroxylation is 2. The summed E-state index contributed by atoms with van der Waals surface area (Å²) in [6.45, 7) is 9.55. The molecule has 0 heterocycles. The van der Waals surface area contributed by atoms with Crippen molar-refractivity contribution in [3.63, 3.8) is 0 Å². The minimum atomic E-state index is -0.708. The van der Waals surface area contributed by atoms with Crippen LogP contribution in [0.3, 0.4) is 0 Å². The van der Waals surface area contributed by atoms with Crippen LogP contribution in [-0.4, -0.2) is 24.5 Å². The summed E-state index contributed by atoms with van der Waals surface area (Å²) in [5, 5.41) is 5.47. The lowest BCUT2D eigenvalue weighted by Gasteiger charge is -2.17. The number of anilines is 1. The van der Waals surface area contributed by atoms with Gasteiger partial charge in [-0.25, -0.2) is 0 Å². The summed E-state index contributed by atoms with van der Waals surface area (Å²) in [6, 6.07) is 12.6. The Morgan fingerprint density at radius 1 is 1.15 bits per heavy atom. The lowest BCUT2D eigenvalue weighted by Crippen LogP contribution is -2.31. The number of hydrogen-bond donors (Lipinski definition) is 2. The van der Waals surface area contributed by atoms with Crippen LogP contribution >= 0.6 is 0 Å². The minimum Gasteiger partial charge on any atom is -0.481 e. The van der Waals surface area contributed by atoms with E-state index in [1.807, 2.05) is 32.0 Å². The zero-order chi connectivity index (χ0) is 19.1. The van der Waals surface area contributed by atoms with Gasteiger partial charge in [-0.3, -0.25) is 9.59 Å². The van der Waals surface area contributed by atoms with Gasteiger partial charge in [0, 0.05) is 6.54 Å². The molecule has 0 radical (unpaired) electrons. The fraction of sp³-hybridized carbons (Fsp3) is 0.238. The first kappa shape index (κ1) is 19.2. The van der Waals surface area contributed by atoms with E-state index in [0.29, 0.717) is 23.5 Å². The number of rotatable bonds is 7. The van der Waals surface area contributed by atoms with Crippen LogP contribution in [0.25, 0.3) is 0 Å². The Morgan fingerprint density at radius 2 is 1.81 bits per heavy atom. The van der Waals surface area contributed by atoms with Crippen molar-refractivity contribution in [2.75, 3.05) is 11.9 Å². The molecule has 0 saturated carbocycles. The van der Waals surface area contributed by atoms with E-state index in [2.05, 4.69) is 17.2 Å². The molecule has 0 aliphatic carbocycles. The lowest BCUT2D eigenvalue weighted by molar-refractivity contribution is -0.122. The van der Waals surface area contributed by atoms with Crippen molar-refractivity contribution >= 4 is 17.5 Å². The summed E-state index contributed by atoms with van der Waals surface area (Å²) in [5.74, 6) is 0.0407. The maximum absolute atomic E-state index is 12.5. The third kappa shape index (κ3) is 5.21. The first-order valence-corrected chi connectivity index (χ1v) is 8.44. The molecule has 0 aliphatic rings. The molecule has 136 valence electrons. The molecular weight excluding hydrogens is 328 g/mol. The normalized spacial score (nSPS) is 11.3. The van der Waals surface area contributed by atoms with Gasteiger partial charge in [-0.15, -0.1) is 6.58 Å². The second kappa shape index (κ2) is 8.85. The molecule has 0 aliphatic heterocycles. The standard InChI is InChI=1S/C21H24N2O3/c1-5-10-22-21(25)18-8-6-7-9-19(18)23-20(24)16(4)26-17-12-14(2)11-15(3)13-17/h5-9,11-13,16H,1,10H2,2-4H3,(H,22,25)(H,23,24)/t16-/m0/s1. The van der Waals surface area contributed by atoms with Crippen LogP contribution in [0.15, 0.2) is 55.1 Å². The van der Waals surface area contributed by atoms with Crippen LogP contribution in [0.4, 0.5) is 5.69 Å². The molecule has 2 rings (SSSR count). The second-order valence-corrected chi connectivity index (χ2v) is 6.12. The molecule has 2 amide bonds. The van der Waals surface area contributed by atoms with Crippen LogP contribution in [-0.2, 0) is 4.79 Å². The average molecular weight is 352 g/mol. The first-order chi connectivity index (χ1) is 12.4. The number of carbonyl (C=O) groups excluding carboxylic acids is 2. The molecule has 0 spiro atoms. The molecule has 0 fully saturated rings. The molecule has 0 saturated heterocycles. The van der Waals surface area contributed by atoms with Crippen molar-refractivity contribution in [1.82, 2.24) is 5.32 Å². The van der Waals surface area contributed by atoms with E-state index in [1.165, 1.54) is 0 Å². The number of nitrogens with one attached hydrogen (secondary N) is 2. The van der Waals surface area contributed by atoms with E-state index < -0.39 is 6.10 Å². The molecule has 5 heteroatoms. The highest BCUT2D eigenvalue weighted by molar-refractivity contribution is 6.04. The topological polar surface area (TPSA) is 67.4 Å². The fourth-order valence-electron chi connectivity index (χ4n) is 2.54. The summed E-state index contributed by atoms with van der Waals surface area (Å²) in [5.41, 5.74) is 2.96. The summed E-state index contributed by atoms with van der Waals surface area (Å²) in [4.78, 5) is 24.7. The van der Waals surface area contributed by atoms with Gasteiger partial charge in [-0.2, -0.15) is 0 Å². The zero-order valence-electron chi connectivity index (χ0n) is 15.3. The highest BCUT2D eigenvalue weighted by Crippen LogP contribution is 2.19. The van der Waals surface area contributed by atoms with Gasteiger partial charge >= 0.3 is 0 Å². The summed E-state index contributed by atoms with van der Waals surface area (Å²) in [6.07, 6.45) is 0.888. The molecule has 1 atom stereocenters. The quantitative estimate of drug-likeness (QED) is 0.748. The maximum Gasteiger partial charge on any atom is 0.265 e. The third-order valence-electron chi connectivity index (χ3n) is 3.71. The van der Waals surface area contributed by atoms with E-state index >= 15 is 0 Å². The first-order valence-electron chi connectivity index (χ1n) is 8.44. The van der Waals surface area contributed by atoms with Crippen LogP contribution in [0.5, 0.6) is 5.75 Å². The fourth-order valence-corrected chi connectivity index (χ4v) is 2.54. The molecular formula is C21H24N2O3. The van der Waals surface area contributed by atoms with Gasteiger partial charge in [0.05, 0.1) is 11.3 Å². The molecule has 2 aromatic carbocycles. The summed E-state index contributed by atoms with van der Waals surface area (Å²) < 4.78 is 5.75. The monoisotopic (exact) mass is 352 g/mol. The van der Waals surface area contributed by atoms with E-state index in [1.54, 1.807) is 37.3 Å². The second-order valence-electron chi connectivity index (χ2n) is 6.12. The molecule has 2 aromatic rings. The lowest BCUT2D eigenvalue weighted by atomic mass is 10.1. The van der Waals surface area contributed by atoms with Crippen molar-refractivity contribution in [3.05, 3.63) is 71.8 Å². The van der Waals surface area contributed by atoms with Gasteiger partial charge < -0.3 is 15.4 Å². The molecule has 0 aromatic heterocycles. The van der Waals surface area contributed by atoms with Crippen molar-refractivity contribution in [1.29, 1.82) is 0 Å². The average Bonchev–Trinajstić information content (AvgIpc) is 2.59. The third-order valence-corrected chi connectivity index (χ3v) is 3.71. The predicted octanol–water partition coefficient (Wildman–Crippen LogP) is 3.63. The number of para-hydroxylation sites is 1. The number of amides is 2. The van der Waals surface area contributed by atoms with Crippen LogP contribution in [0.1, 0.15) is 28.4 Å². The Balaban J connectivity index is 2.09. The Hall–Kier alpha value is -3.08. The smallest absolute Gasteiger partial charge is 0.265 e. The molecule has 0 unspecified atom stereocenters. The minimum absolute atomic E-state index is 0.274. The van der Waals surface area contributed by atoms with Gasteiger partial charge in [0.25, 0.3) is 11.8 Å². The largest absolute Gasteiger partial charge is 0.481 e. The van der Waals surface area contributed by atoms with E-state index in [9.17, 15) is 9.59 Å².